The van der Waals surface area contributed by atoms with Gasteiger partial charge in [0.05, 0.1) is 18.2 Å². The van der Waals surface area contributed by atoms with Crippen molar-refractivity contribution in [3.63, 3.8) is 0 Å². The van der Waals surface area contributed by atoms with Crippen molar-refractivity contribution in [1.29, 1.82) is 0 Å². The second-order valence-corrected chi connectivity index (χ2v) is 4.51. The predicted molar refractivity (Wildman–Crippen MR) is 60.4 cm³/mol. The molecule has 106 valence electrons. The molecule has 1 heterocycles. The highest BCUT2D eigenvalue weighted by atomic mass is 19.4. The first-order valence-corrected chi connectivity index (χ1v) is 5.84. The molecule has 1 fully saturated rings. The third-order valence-electron chi connectivity index (χ3n) is 3.27. The summed E-state index contributed by atoms with van der Waals surface area (Å²) in [4.78, 5) is 0. The van der Waals surface area contributed by atoms with E-state index in [0.717, 1.165) is 18.6 Å². The second kappa shape index (κ2) is 5.44. The van der Waals surface area contributed by atoms with Gasteiger partial charge in [-0.3, -0.25) is 11.3 Å². The Labute approximate surface area is 107 Å². The van der Waals surface area contributed by atoms with Gasteiger partial charge in [-0.15, -0.1) is 0 Å². The number of rotatable bonds is 3. The van der Waals surface area contributed by atoms with Crippen molar-refractivity contribution in [2.45, 2.75) is 18.6 Å². The lowest BCUT2D eigenvalue weighted by Gasteiger charge is -2.22. The van der Waals surface area contributed by atoms with Crippen LogP contribution in [0.4, 0.5) is 17.6 Å². The number of nitrogens with two attached hydrogens (primary N) is 1. The van der Waals surface area contributed by atoms with Gasteiger partial charge in [0.25, 0.3) is 0 Å². The van der Waals surface area contributed by atoms with E-state index < -0.39 is 23.6 Å². The third-order valence-corrected chi connectivity index (χ3v) is 3.27. The molecule has 1 aromatic carbocycles. The molecule has 1 aliphatic rings. The number of benzene rings is 1. The minimum atomic E-state index is -4.69. The fourth-order valence-corrected chi connectivity index (χ4v) is 2.27. The summed E-state index contributed by atoms with van der Waals surface area (Å²) in [6.45, 7) is 1.03. The van der Waals surface area contributed by atoms with Crippen molar-refractivity contribution in [3.05, 3.63) is 35.1 Å². The van der Waals surface area contributed by atoms with Gasteiger partial charge in [-0.1, -0.05) is 6.07 Å². The molecular formula is C12H14F4N2O. The zero-order valence-corrected chi connectivity index (χ0v) is 10.0. The molecule has 2 rings (SSSR count). The lowest BCUT2D eigenvalue weighted by molar-refractivity contribution is -0.140. The number of nitrogens with one attached hydrogen (secondary N) is 1. The van der Waals surface area contributed by atoms with Crippen molar-refractivity contribution < 1.29 is 22.3 Å². The van der Waals surface area contributed by atoms with E-state index in [0.29, 0.717) is 18.8 Å². The van der Waals surface area contributed by atoms with Crippen LogP contribution < -0.4 is 11.3 Å². The van der Waals surface area contributed by atoms with Gasteiger partial charge >= 0.3 is 6.18 Å². The maximum atomic E-state index is 13.5. The highest BCUT2D eigenvalue weighted by Gasteiger charge is 2.35. The number of hydrogen-bond acceptors (Lipinski definition) is 3. The van der Waals surface area contributed by atoms with Crippen molar-refractivity contribution in [3.8, 4) is 0 Å². The molecular weight excluding hydrogens is 264 g/mol. The molecule has 0 amide bonds. The molecule has 0 aromatic heterocycles. The van der Waals surface area contributed by atoms with Crippen LogP contribution in [0, 0.1) is 11.7 Å². The molecule has 1 aliphatic heterocycles. The summed E-state index contributed by atoms with van der Waals surface area (Å²) < 4.78 is 56.1. The lowest BCUT2D eigenvalue weighted by Crippen LogP contribution is -2.34. The molecule has 0 spiro atoms. The zero-order valence-electron chi connectivity index (χ0n) is 10.0. The fraction of sp³-hybridized carbons (Fsp3) is 0.500. The fourth-order valence-electron chi connectivity index (χ4n) is 2.27. The first-order chi connectivity index (χ1) is 8.93. The van der Waals surface area contributed by atoms with Crippen LogP contribution in [-0.4, -0.2) is 13.2 Å². The minimum absolute atomic E-state index is 0.0288. The summed E-state index contributed by atoms with van der Waals surface area (Å²) in [5, 5.41) is 0. The lowest BCUT2D eigenvalue weighted by atomic mass is 9.92. The maximum Gasteiger partial charge on any atom is 0.419 e. The van der Waals surface area contributed by atoms with Gasteiger partial charge in [0.2, 0.25) is 0 Å². The number of ether oxygens (including phenoxy) is 1. The van der Waals surface area contributed by atoms with Gasteiger partial charge < -0.3 is 4.74 Å². The quantitative estimate of drug-likeness (QED) is 0.507. The van der Waals surface area contributed by atoms with Gasteiger partial charge in [-0.25, -0.2) is 4.39 Å². The first kappa shape index (κ1) is 14.2. The maximum absolute atomic E-state index is 13.5. The summed E-state index contributed by atoms with van der Waals surface area (Å²) in [6.07, 6.45) is -3.96. The summed E-state index contributed by atoms with van der Waals surface area (Å²) in [5.74, 6) is 4.15. The molecule has 0 radical (unpaired) electrons. The summed E-state index contributed by atoms with van der Waals surface area (Å²) in [7, 11) is 0. The molecule has 1 saturated heterocycles. The molecule has 19 heavy (non-hydrogen) atoms. The van der Waals surface area contributed by atoms with E-state index in [9.17, 15) is 17.6 Å². The standard InChI is InChI=1S/C12H14F4N2O/c13-10-5-7(1-2-9(10)12(14,15)16)11(18-17)8-3-4-19-6-8/h1-2,5,8,11,18H,3-4,6,17H2. The average Bonchev–Trinajstić information content (AvgIpc) is 2.82. The van der Waals surface area contributed by atoms with E-state index in [1.807, 2.05) is 0 Å². The number of hydrogen-bond donors (Lipinski definition) is 2. The van der Waals surface area contributed by atoms with Crippen LogP contribution in [0.1, 0.15) is 23.6 Å². The second-order valence-electron chi connectivity index (χ2n) is 4.51. The monoisotopic (exact) mass is 278 g/mol. The normalized spacial score (nSPS) is 21.6. The van der Waals surface area contributed by atoms with Crippen LogP contribution in [0.2, 0.25) is 0 Å². The Hall–Kier alpha value is -1.18. The van der Waals surface area contributed by atoms with Gasteiger partial charge in [0.15, 0.2) is 0 Å². The van der Waals surface area contributed by atoms with E-state index in [4.69, 9.17) is 10.6 Å². The van der Waals surface area contributed by atoms with Gasteiger partial charge in [-0.05, 0) is 24.1 Å². The number of hydrazine groups is 1. The van der Waals surface area contributed by atoms with Crippen molar-refractivity contribution >= 4 is 0 Å². The molecule has 3 N–H and O–H groups in total. The summed E-state index contributed by atoms with van der Waals surface area (Å²) in [5.41, 5.74) is 1.64. The SMILES string of the molecule is NNC(c1ccc(C(F)(F)F)c(F)c1)C1CCOC1. The van der Waals surface area contributed by atoms with E-state index >= 15 is 0 Å². The van der Waals surface area contributed by atoms with Crippen molar-refractivity contribution in [1.82, 2.24) is 5.43 Å². The largest absolute Gasteiger partial charge is 0.419 e. The smallest absolute Gasteiger partial charge is 0.381 e. The summed E-state index contributed by atoms with van der Waals surface area (Å²) in [6, 6.07) is 2.45. The highest BCUT2D eigenvalue weighted by molar-refractivity contribution is 5.29. The van der Waals surface area contributed by atoms with Crippen LogP contribution in [0.25, 0.3) is 0 Å². The Morgan fingerprint density at radius 2 is 2.11 bits per heavy atom. The van der Waals surface area contributed by atoms with E-state index in [1.54, 1.807) is 0 Å². The average molecular weight is 278 g/mol. The topological polar surface area (TPSA) is 47.3 Å². The Kier molecular flexibility index (Phi) is 4.07. The molecule has 2 unspecified atom stereocenters. The van der Waals surface area contributed by atoms with Crippen LogP contribution in [0.3, 0.4) is 0 Å². The van der Waals surface area contributed by atoms with Crippen molar-refractivity contribution in [2.24, 2.45) is 11.8 Å². The number of alkyl halides is 3. The van der Waals surface area contributed by atoms with E-state index in [1.165, 1.54) is 6.07 Å². The molecule has 0 bridgehead atoms. The van der Waals surface area contributed by atoms with Crippen molar-refractivity contribution in [2.75, 3.05) is 13.2 Å². The Morgan fingerprint density at radius 3 is 2.58 bits per heavy atom. The van der Waals surface area contributed by atoms with Gasteiger partial charge in [0.1, 0.15) is 5.82 Å². The first-order valence-electron chi connectivity index (χ1n) is 5.84. The zero-order chi connectivity index (χ0) is 14.0. The molecule has 0 aliphatic carbocycles. The van der Waals surface area contributed by atoms with E-state index in [2.05, 4.69) is 5.43 Å². The predicted octanol–water partition coefficient (Wildman–Crippen LogP) is 2.39. The van der Waals surface area contributed by atoms with Gasteiger partial charge in [-0.2, -0.15) is 13.2 Å². The van der Waals surface area contributed by atoms with Crippen LogP contribution in [-0.2, 0) is 10.9 Å². The van der Waals surface area contributed by atoms with Crippen LogP contribution >= 0.6 is 0 Å². The molecule has 0 saturated carbocycles. The Balaban J connectivity index is 2.27. The minimum Gasteiger partial charge on any atom is -0.381 e. The number of halogens is 4. The third kappa shape index (κ3) is 3.05. The summed E-state index contributed by atoms with van der Waals surface area (Å²) >= 11 is 0. The molecule has 3 nitrogen and oxygen atoms in total. The Bertz CT molecular complexity index is 444. The van der Waals surface area contributed by atoms with Crippen LogP contribution in [0.15, 0.2) is 18.2 Å². The highest BCUT2D eigenvalue weighted by Crippen LogP contribution is 2.34. The Morgan fingerprint density at radius 1 is 1.37 bits per heavy atom. The molecule has 7 heteroatoms. The van der Waals surface area contributed by atoms with Crippen LogP contribution in [0.5, 0.6) is 0 Å². The van der Waals surface area contributed by atoms with Gasteiger partial charge in [0, 0.05) is 12.5 Å². The molecule has 2 atom stereocenters. The van der Waals surface area contributed by atoms with E-state index in [-0.39, 0.29) is 5.92 Å². The molecule has 1 aromatic rings.